The van der Waals surface area contributed by atoms with E-state index in [1.54, 1.807) is 0 Å². The Morgan fingerprint density at radius 1 is 1.33 bits per heavy atom. The molecule has 0 heterocycles. The minimum absolute atomic E-state index is 0.468. The SMILES string of the molecule is ClC1[C@@H]2CC=C[C@H]1CC2. The monoisotopic (exact) mass is 142 g/mol. The van der Waals surface area contributed by atoms with Gasteiger partial charge in [-0.05, 0) is 31.1 Å². The first kappa shape index (κ1) is 5.79. The molecule has 0 saturated heterocycles. The molecule has 1 heteroatoms. The third-order valence-electron chi connectivity index (χ3n) is 2.55. The van der Waals surface area contributed by atoms with Gasteiger partial charge < -0.3 is 0 Å². The van der Waals surface area contributed by atoms with Gasteiger partial charge in [0.05, 0.1) is 0 Å². The maximum Gasteiger partial charge on any atom is 0.0429 e. The van der Waals surface area contributed by atoms with Crippen LogP contribution in [0.15, 0.2) is 12.2 Å². The summed E-state index contributed by atoms with van der Waals surface area (Å²) >= 11 is 6.13. The highest BCUT2D eigenvalue weighted by Crippen LogP contribution is 2.41. The highest BCUT2D eigenvalue weighted by Gasteiger charge is 2.34. The molecule has 0 N–H and O–H groups in total. The van der Waals surface area contributed by atoms with Crippen LogP contribution in [-0.4, -0.2) is 5.38 Å². The van der Waals surface area contributed by atoms with Gasteiger partial charge in [0.2, 0.25) is 0 Å². The number of rotatable bonds is 0. The summed E-state index contributed by atoms with van der Waals surface area (Å²) in [6, 6.07) is 0. The molecule has 0 aliphatic heterocycles. The van der Waals surface area contributed by atoms with Crippen LogP contribution in [0.5, 0.6) is 0 Å². The van der Waals surface area contributed by atoms with E-state index in [1.165, 1.54) is 19.3 Å². The summed E-state index contributed by atoms with van der Waals surface area (Å²) in [5.41, 5.74) is 0. The lowest BCUT2D eigenvalue weighted by molar-refractivity contribution is 0.529. The van der Waals surface area contributed by atoms with Crippen LogP contribution in [0.3, 0.4) is 0 Å². The van der Waals surface area contributed by atoms with Crippen molar-refractivity contribution in [3.63, 3.8) is 0 Å². The highest BCUT2D eigenvalue weighted by atomic mass is 35.5. The molecule has 2 rings (SSSR count). The van der Waals surface area contributed by atoms with E-state index in [0.717, 1.165) is 5.92 Å². The molecule has 1 unspecified atom stereocenters. The molecular formula is C8H11Cl. The Kier molecular flexibility index (Phi) is 1.30. The van der Waals surface area contributed by atoms with Crippen molar-refractivity contribution in [2.45, 2.75) is 24.6 Å². The number of allylic oxidation sites excluding steroid dienone is 2. The van der Waals surface area contributed by atoms with Crippen LogP contribution < -0.4 is 0 Å². The zero-order valence-electron chi connectivity index (χ0n) is 5.39. The average molecular weight is 143 g/mol. The molecule has 0 radical (unpaired) electrons. The molecule has 0 amide bonds. The zero-order valence-corrected chi connectivity index (χ0v) is 6.14. The zero-order chi connectivity index (χ0) is 6.27. The molecule has 0 spiro atoms. The number of hydrogen-bond donors (Lipinski definition) is 0. The Labute approximate surface area is 60.9 Å². The fraction of sp³-hybridized carbons (Fsp3) is 0.750. The predicted octanol–water partition coefficient (Wildman–Crippen LogP) is 2.58. The van der Waals surface area contributed by atoms with Crippen molar-refractivity contribution in [2.75, 3.05) is 0 Å². The first-order valence-corrected chi connectivity index (χ1v) is 4.12. The van der Waals surface area contributed by atoms with Crippen LogP contribution >= 0.6 is 11.6 Å². The van der Waals surface area contributed by atoms with Gasteiger partial charge in [0.1, 0.15) is 0 Å². The molecular weight excluding hydrogens is 132 g/mol. The summed E-state index contributed by atoms with van der Waals surface area (Å²) in [7, 11) is 0. The molecule has 0 aromatic carbocycles. The Morgan fingerprint density at radius 3 is 2.89 bits per heavy atom. The van der Waals surface area contributed by atoms with E-state index in [0.29, 0.717) is 11.3 Å². The van der Waals surface area contributed by atoms with E-state index in [4.69, 9.17) is 11.6 Å². The Morgan fingerprint density at radius 2 is 2.22 bits per heavy atom. The average Bonchev–Trinajstić information content (AvgIpc) is 2.19. The molecule has 0 nitrogen and oxygen atoms in total. The van der Waals surface area contributed by atoms with Gasteiger partial charge in [-0.15, -0.1) is 11.6 Å². The van der Waals surface area contributed by atoms with Crippen molar-refractivity contribution in [3.8, 4) is 0 Å². The van der Waals surface area contributed by atoms with Gasteiger partial charge in [0.15, 0.2) is 0 Å². The van der Waals surface area contributed by atoms with E-state index in [2.05, 4.69) is 12.2 Å². The topological polar surface area (TPSA) is 0 Å². The van der Waals surface area contributed by atoms with Crippen LogP contribution in [0.25, 0.3) is 0 Å². The normalized spacial score (nSPS) is 47.9. The van der Waals surface area contributed by atoms with Gasteiger partial charge in [-0.1, -0.05) is 12.2 Å². The Bertz CT molecular complexity index is 140. The lowest BCUT2D eigenvalue weighted by Gasteiger charge is -2.18. The molecule has 9 heavy (non-hydrogen) atoms. The van der Waals surface area contributed by atoms with Crippen LogP contribution in [0.2, 0.25) is 0 Å². The molecule has 50 valence electrons. The predicted molar refractivity (Wildman–Crippen MR) is 39.6 cm³/mol. The number of hydrogen-bond acceptors (Lipinski definition) is 0. The van der Waals surface area contributed by atoms with Gasteiger partial charge in [-0.2, -0.15) is 0 Å². The van der Waals surface area contributed by atoms with E-state index in [9.17, 15) is 0 Å². The Hall–Kier alpha value is 0.0300. The summed E-state index contributed by atoms with van der Waals surface area (Å²) in [6.07, 6.45) is 8.49. The van der Waals surface area contributed by atoms with E-state index >= 15 is 0 Å². The molecule has 2 aliphatic carbocycles. The molecule has 0 aromatic rings. The fourth-order valence-corrected chi connectivity index (χ4v) is 2.39. The first-order valence-electron chi connectivity index (χ1n) is 3.68. The standard InChI is InChI=1S/C8H11Cl/c9-8-6-2-1-3-7(8)5-4-6/h1-2,6-8H,3-5H2/t6-,7+,8?/m0/s1. The van der Waals surface area contributed by atoms with Crippen molar-refractivity contribution in [1.29, 1.82) is 0 Å². The summed E-state index contributed by atoms with van der Waals surface area (Å²) in [6.45, 7) is 0. The molecule has 3 atom stereocenters. The summed E-state index contributed by atoms with van der Waals surface area (Å²) in [5.74, 6) is 1.52. The number of fused-ring (bicyclic) bond motifs is 2. The van der Waals surface area contributed by atoms with E-state index in [-0.39, 0.29) is 0 Å². The van der Waals surface area contributed by atoms with Crippen molar-refractivity contribution in [3.05, 3.63) is 12.2 Å². The molecule has 0 aromatic heterocycles. The maximum absolute atomic E-state index is 6.13. The molecule has 2 aliphatic rings. The van der Waals surface area contributed by atoms with E-state index < -0.39 is 0 Å². The summed E-state index contributed by atoms with van der Waals surface area (Å²) in [4.78, 5) is 0. The summed E-state index contributed by atoms with van der Waals surface area (Å²) in [5, 5.41) is 0.468. The van der Waals surface area contributed by atoms with Crippen molar-refractivity contribution in [1.82, 2.24) is 0 Å². The number of halogens is 1. The third-order valence-corrected chi connectivity index (χ3v) is 3.23. The van der Waals surface area contributed by atoms with Crippen molar-refractivity contribution >= 4 is 11.6 Å². The molecule has 1 fully saturated rings. The molecule has 2 bridgehead atoms. The minimum atomic E-state index is 0.468. The number of alkyl halides is 1. The highest BCUT2D eigenvalue weighted by molar-refractivity contribution is 6.21. The van der Waals surface area contributed by atoms with Crippen LogP contribution in [0.4, 0.5) is 0 Å². The lowest BCUT2D eigenvalue weighted by Crippen LogP contribution is -2.15. The minimum Gasteiger partial charge on any atom is -0.122 e. The van der Waals surface area contributed by atoms with Crippen LogP contribution in [-0.2, 0) is 0 Å². The quantitative estimate of drug-likeness (QED) is 0.360. The maximum atomic E-state index is 6.13. The van der Waals surface area contributed by atoms with Crippen LogP contribution in [0.1, 0.15) is 19.3 Å². The van der Waals surface area contributed by atoms with Gasteiger partial charge in [-0.25, -0.2) is 0 Å². The second kappa shape index (κ2) is 2.02. The molecule has 1 saturated carbocycles. The van der Waals surface area contributed by atoms with Gasteiger partial charge in [0, 0.05) is 5.38 Å². The lowest BCUT2D eigenvalue weighted by atomic mass is 9.95. The second-order valence-electron chi connectivity index (χ2n) is 3.11. The summed E-state index contributed by atoms with van der Waals surface area (Å²) < 4.78 is 0. The third kappa shape index (κ3) is 0.806. The second-order valence-corrected chi connectivity index (χ2v) is 3.61. The smallest absolute Gasteiger partial charge is 0.0429 e. The van der Waals surface area contributed by atoms with Gasteiger partial charge in [0.25, 0.3) is 0 Å². The van der Waals surface area contributed by atoms with Crippen molar-refractivity contribution in [2.24, 2.45) is 11.8 Å². The van der Waals surface area contributed by atoms with E-state index in [1.807, 2.05) is 0 Å². The fourth-order valence-electron chi connectivity index (χ4n) is 1.95. The Balaban J connectivity index is 2.22. The first-order chi connectivity index (χ1) is 4.38. The largest absolute Gasteiger partial charge is 0.122 e. The van der Waals surface area contributed by atoms with Gasteiger partial charge in [-0.3, -0.25) is 0 Å². The van der Waals surface area contributed by atoms with Crippen molar-refractivity contribution < 1.29 is 0 Å². The van der Waals surface area contributed by atoms with Crippen LogP contribution in [0, 0.1) is 11.8 Å². The van der Waals surface area contributed by atoms with Gasteiger partial charge >= 0.3 is 0 Å².